The zero-order chi connectivity index (χ0) is 15.2. The Kier molecular flexibility index (Phi) is 4.32. The number of rotatable bonds is 3. The first-order valence-electron chi connectivity index (χ1n) is 6.06. The van der Waals surface area contributed by atoms with Crippen LogP contribution in [0.5, 0.6) is 5.75 Å². The van der Waals surface area contributed by atoms with Crippen LogP contribution in [-0.4, -0.2) is 11.0 Å². The highest BCUT2D eigenvalue weighted by molar-refractivity contribution is 6.09. The third-order valence-corrected chi connectivity index (χ3v) is 2.67. The lowest BCUT2D eigenvalue weighted by Crippen LogP contribution is -2.13. The molecule has 0 aliphatic rings. The smallest absolute Gasteiger partial charge is 0.266 e. The van der Waals surface area contributed by atoms with Crippen LogP contribution in [0.1, 0.15) is 5.56 Å². The SMILES string of the molecule is N#C/C(=C\c1ccc(O)cc1)C(=O)Nc1ccc(F)cc1. The van der Waals surface area contributed by atoms with Crippen molar-refractivity contribution in [3.05, 3.63) is 65.5 Å². The predicted molar refractivity (Wildman–Crippen MR) is 76.7 cm³/mol. The van der Waals surface area contributed by atoms with Gasteiger partial charge in [0.15, 0.2) is 0 Å². The Balaban J connectivity index is 2.17. The lowest BCUT2D eigenvalue weighted by Gasteiger charge is -2.04. The molecule has 0 saturated carbocycles. The van der Waals surface area contributed by atoms with Gasteiger partial charge in [0.2, 0.25) is 0 Å². The number of amides is 1. The van der Waals surface area contributed by atoms with Crippen LogP contribution >= 0.6 is 0 Å². The van der Waals surface area contributed by atoms with Gasteiger partial charge in [-0.1, -0.05) is 12.1 Å². The van der Waals surface area contributed by atoms with Crippen LogP contribution in [0.15, 0.2) is 54.1 Å². The number of hydrogen-bond donors (Lipinski definition) is 2. The van der Waals surface area contributed by atoms with Gasteiger partial charge < -0.3 is 10.4 Å². The zero-order valence-electron chi connectivity index (χ0n) is 10.9. The average molecular weight is 282 g/mol. The van der Waals surface area contributed by atoms with E-state index < -0.39 is 11.7 Å². The van der Waals surface area contributed by atoms with Crippen molar-refractivity contribution in [2.24, 2.45) is 0 Å². The molecule has 1 amide bonds. The minimum Gasteiger partial charge on any atom is -0.508 e. The molecule has 2 N–H and O–H groups in total. The molecular weight excluding hydrogens is 271 g/mol. The number of carbonyl (C=O) groups is 1. The van der Waals surface area contributed by atoms with E-state index in [2.05, 4.69) is 5.32 Å². The lowest BCUT2D eigenvalue weighted by atomic mass is 10.1. The molecule has 0 unspecified atom stereocenters. The van der Waals surface area contributed by atoms with Gasteiger partial charge in [-0.2, -0.15) is 5.26 Å². The highest BCUT2D eigenvalue weighted by Crippen LogP contribution is 2.14. The summed E-state index contributed by atoms with van der Waals surface area (Å²) >= 11 is 0. The van der Waals surface area contributed by atoms with Crippen LogP contribution in [0.2, 0.25) is 0 Å². The largest absolute Gasteiger partial charge is 0.508 e. The number of hydrogen-bond acceptors (Lipinski definition) is 3. The molecule has 0 fully saturated rings. The number of nitriles is 1. The summed E-state index contributed by atoms with van der Waals surface area (Å²) in [6.07, 6.45) is 1.40. The first-order chi connectivity index (χ1) is 10.1. The van der Waals surface area contributed by atoms with Crippen molar-refractivity contribution in [3.8, 4) is 11.8 Å². The van der Waals surface area contributed by atoms with Gasteiger partial charge >= 0.3 is 0 Å². The molecule has 0 aliphatic carbocycles. The molecule has 2 aromatic carbocycles. The summed E-state index contributed by atoms with van der Waals surface area (Å²) in [7, 11) is 0. The molecule has 2 rings (SSSR count). The number of benzene rings is 2. The Hall–Kier alpha value is -3.13. The van der Waals surface area contributed by atoms with Gasteiger partial charge in [-0.3, -0.25) is 4.79 Å². The van der Waals surface area contributed by atoms with E-state index in [1.54, 1.807) is 12.1 Å². The van der Waals surface area contributed by atoms with E-state index in [0.717, 1.165) is 0 Å². The van der Waals surface area contributed by atoms with Crippen LogP contribution in [-0.2, 0) is 4.79 Å². The second-order valence-corrected chi connectivity index (χ2v) is 4.22. The van der Waals surface area contributed by atoms with Gasteiger partial charge in [-0.25, -0.2) is 4.39 Å². The number of aromatic hydroxyl groups is 1. The topological polar surface area (TPSA) is 73.1 Å². The van der Waals surface area contributed by atoms with Crippen molar-refractivity contribution in [1.29, 1.82) is 5.26 Å². The second kappa shape index (κ2) is 6.35. The highest BCUT2D eigenvalue weighted by Gasteiger charge is 2.09. The molecule has 0 aliphatic heterocycles. The van der Waals surface area contributed by atoms with E-state index in [-0.39, 0.29) is 11.3 Å². The summed E-state index contributed by atoms with van der Waals surface area (Å²) in [5.74, 6) is -0.897. The summed E-state index contributed by atoms with van der Waals surface area (Å²) in [6, 6.07) is 13.1. The Morgan fingerprint density at radius 3 is 2.33 bits per heavy atom. The molecule has 0 aromatic heterocycles. The van der Waals surface area contributed by atoms with E-state index in [9.17, 15) is 14.3 Å². The Morgan fingerprint density at radius 2 is 1.76 bits per heavy atom. The number of halogens is 1. The summed E-state index contributed by atoms with van der Waals surface area (Å²) in [5, 5.41) is 20.7. The Morgan fingerprint density at radius 1 is 1.14 bits per heavy atom. The quantitative estimate of drug-likeness (QED) is 0.671. The summed E-state index contributed by atoms with van der Waals surface area (Å²) in [4.78, 5) is 12.0. The monoisotopic (exact) mass is 282 g/mol. The third kappa shape index (κ3) is 3.91. The summed E-state index contributed by atoms with van der Waals surface area (Å²) < 4.78 is 12.8. The van der Waals surface area contributed by atoms with Crippen LogP contribution < -0.4 is 5.32 Å². The van der Waals surface area contributed by atoms with Crippen molar-refractivity contribution < 1.29 is 14.3 Å². The lowest BCUT2D eigenvalue weighted by molar-refractivity contribution is -0.112. The number of nitrogens with one attached hydrogen (secondary N) is 1. The van der Waals surface area contributed by atoms with Crippen LogP contribution in [0.3, 0.4) is 0 Å². The van der Waals surface area contributed by atoms with E-state index >= 15 is 0 Å². The molecule has 4 nitrogen and oxygen atoms in total. The maximum Gasteiger partial charge on any atom is 0.266 e. The van der Waals surface area contributed by atoms with Gasteiger partial charge in [0.25, 0.3) is 5.91 Å². The molecule has 0 bridgehead atoms. The molecule has 0 saturated heterocycles. The molecule has 21 heavy (non-hydrogen) atoms. The van der Waals surface area contributed by atoms with Crippen molar-refractivity contribution in [2.75, 3.05) is 5.32 Å². The molecule has 0 spiro atoms. The first kappa shape index (κ1) is 14.3. The fourth-order valence-corrected chi connectivity index (χ4v) is 1.62. The van der Waals surface area contributed by atoms with Gasteiger partial charge in [0.1, 0.15) is 23.2 Å². The summed E-state index contributed by atoms with van der Waals surface area (Å²) in [5.41, 5.74) is 0.914. The Bertz CT molecular complexity index is 713. The first-order valence-corrected chi connectivity index (χ1v) is 6.06. The molecule has 0 atom stereocenters. The fraction of sp³-hybridized carbons (Fsp3) is 0. The average Bonchev–Trinajstić information content (AvgIpc) is 2.49. The van der Waals surface area contributed by atoms with Gasteiger partial charge in [-0.05, 0) is 48.0 Å². The molecule has 5 heteroatoms. The number of phenolic OH excluding ortho intramolecular Hbond substituents is 1. The zero-order valence-corrected chi connectivity index (χ0v) is 10.9. The minimum atomic E-state index is -0.586. The maximum atomic E-state index is 12.8. The van der Waals surface area contributed by atoms with Crippen molar-refractivity contribution in [1.82, 2.24) is 0 Å². The normalized spacial score (nSPS) is 10.8. The molecule has 104 valence electrons. The van der Waals surface area contributed by atoms with E-state index in [1.165, 1.54) is 42.5 Å². The fourth-order valence-electron chi connectivity index (χ4n) is 1.62. The van der Waals surface area contributed by atoms with E-state index in [0.29, 0.717) is 11.3 Å². The number of nitrogens with zero attached hydrogens (tertiary/aromatic N) is 1. The van der Waals surface area contributed by atoms with Crippen molar-refractivity contribution in [2.45, 2.75) is 0 Å². The molecule has 0 radical (unpaired) electrons. The number of phenols is 1. The second-order valence-electron chi connectivity index (χ2n) is 4.22. The summed E-state index contributed by atoms with van der Waals surface area (Å²) in [6.45, 7) is 0. The van der Waals surface area contributed by atoms with Crippen molar-refractivity contribution >= 4 is 17.7 Å². The molecular formula is C16H11FN2O2. The number of anilines is 1. The molecule has 0 heterocycles. The van der Waals surface area contributed by atoms with Crippen LogP contribution in [0.25, 0.3) is 6.08 Å². The maximum absolute atomic E-state index is 12.8. The Labute approximate surface area is 120 Å². The minimum absolute atomic E-state index is 0.0926. The highest BCUT2D eigenvalue weighted by atomic mass is 19.1. The van der Waals surface area contributed by atoms with Gasteiger partial charge in [0, 0.05) is 5.69 Å². The predicted octanol–water partition coefficient (Wildman–Crippen LogP) is 3.08. The van der Waals surface area contributed by atoms with Gasteiger partial charge in [0.05, 0.1) is 0 Å². The number of carbonyl (C=O) groups excluding carboxylic acids is 1. The van der Waals surface area contributed by atoms with Crippen molar-refractivity contribution in [3.63, 3.8) is 0 Å². The van der Waals surface area contributed by atoms with Crippen LogP contribution in [0, 0.1) is 17.1 Å². The van der Waals surface area contributed by atoms with Crippen LogP contribution in [0.4, 0.5) is 10.1 Å². The standard InChI is InChI=1S/C16H11FN2O2/c17-13-3-5-14(6-4-13)19-16(21)12(10-18)9-11-1-7-15(20)8-2-11/h1-9,20H,(H,19,21)/b12-9+. The van der Waals surface area contributed by atoms with E-state index in [4.69, 9.17) is 5.26 Å². The third-order valence-electron chi connectivity index (χ3n) is 2.67. The molecule has 2 aromatic rings. The van der Waals surface area contributed by atoms with E-state index in [1.807, 2.05) is 6.07 Å². The van der Waals surface area contributed by atoms with Gasteiger partial charge in [-0.15, -0.1) is 0 Å².